The topological polar surface area (TPSA) is 34.4 Å². The monoisotopic (exact) mass is 267 g/mol. The van der Waals surface area contributed by atoms with Crippen molar-refractivity contribution in [2.45, 2.75) is 13.5 Å². The van der Waals surface area contributed by atoms with Crippen molar-refractivity contribution in [2.24, 2.45) is 7.05 Å². The molecular weight excluding hydrogens is 250 g/mol. The van der Waals surface area contributed by atoms with Crippen molar-refractivity contribution in [1.82, 2.24) is 4.57 Å². The second kappa shape index (κ2) is 4.93. The maximum Gasteiger partial charge on any atom is 0.161 e. The summed E-state index contributed by atoms with van der Waals surface area (Å²) < 4.78 is 7.84. The summed E-state index contributed by atoms with van der Waals surface area (Å²) in [5, 5.41) is 11.0. The van der Waals surface area contributed by atoms with Gasteiger partial charge in [0.05, 0.1) is 0 Å². The average Bonchev–Trinajstić information content (AvgIpc) is 2.76. The number of phenols is 1. The quantitative estimate of drug-likeness (QED) is 0.783. The minimum atomic E-state index is 0.171. The van der Waals surface area contributed by atoms with Crippen LogP contribution in [0.25, 0.3) is 10.9 Å². The van der Waals surface area contributed by atoms with Crippen LogP contribution in [0.3, 0.4) is 0 Å². The van der Waals surface area contributed by atoms with Gasteiger partial charge in [0, 0.05) is 29.7 Å². The molecule has 0 atom stereocenters. The van der Waals surface area contributed by atoms with Gasteiger partial charge in [0.25, 0.3) is 0 Å². The number of fused-ring (bicyclic) bond motifs is 1. The molecule has 0 saturated carbocycles. The standard InChI is InChI=1S/C17H17NO2/c1-12-6-5-7-14-17(12)13(10-18(14)2)11-20-16-9-4-3-8-15(16)19/h3-10,19H,11H2,1-2H3. The molecule has 0 aliphatic carbocycles. The number of aromatic nitrogens is 1. The van der Waals surface area contributed by atoms with Crippen molar-refractivity contribution in [3.63, 3.8) is 0 Å². The van der Waals surface area contributed by atoms with E-state index in [-0.39, 0.29) is 5.75 Å². The van der Waals surface area contributed by atoms with E-state index in [9.17, 15) is 5.11 Å². The van der Waals surface area contributed by atoms with Crippen molar-refractivity contribution in [2.75, 3.05) is 0 Å². The van der Waals surface area contributed by atoms with Gasteiger partial charge in [-0.15, -0.1) is 0 Å². The molecule has 3 aromatic rings. The third kappa shape index (κ3) is 2.11. The lowest BCUT2D eigenvalue weighted by Crippen LogP contribution is -1.95. The number of hydrogen-bond acceptors (Lipinski definition) is 2. The summed E-state index contributed by atoms with van der Waals surface area (Å²) in [6.45, 7) is 2.55. The Bertz CT molecular complexity index is 759. The molecular formula is C17H17NO2. The van der Waals surface area contributed by atoms with E-state index in [0.29, 0.717) is 12.4 Å². The Kier molecular flexibility index (Phi) is 3.11. The fraction of sp³-hybridized carbons (Fsp3) is 0.176. The molecule has 3 nitrogen and oxygen atoms in total. The van der Waals surface area contributed by atoms with Gasteiger partial charge in [-0.2, -0.15) is 0 Å². The third-order valence-electron chi connectivity index (χ3n) is 3.55. The predicted octanol–water partition coefficient (Wildman–Crippen LogP) is 3.77. The van der Waals surface area contributed by atoms with Gasteiger partial charge in [0.2, 0.25) is 0 Å². The summed E-state index contributed by atoms with van der Waals surface area (Å²) >= 11 is 0. The lowest BCUT2D eigenvalue weighted by Gasteiger charge is -2.07. The molecule has 102 valence electrons. The van der Waals surface area contributed by atoms with Crippen LogP contribution in [0.4, 0.5) is 0 Å². The van der Waals surface area contributed by atoms with E-state index in [1.807, 2.05) is 13.1 Å². The summed E-state index contributed by atoms with van der Waals surface area (Å²) in [5.74, 6) is 0.683. The van der Waals surface area contributed by atoms with E-state index < -0.39 is 0 Å². The van der Waals surface area contributed by atoms with E-state index in [0.717, 1.165) is 5.56 Å². The molecule has 1 aromatic heterocycles. The van der Waals surface area contributed by atoms with Crippen LogP contribution in [-0.2, 0) is 13.7 Å². The molecule has 3 heteroatoms. The Hall–Kier alpha value is -2.42. The zero-order valence-electron chi connectivity index (χ0n) is 11.6. The molecule has 1 heterocycles. The van der Waals surface area contributed by atoms with Crippen LogP contribution in [-0.4, -0.2) is 9.67 Å². The van der Waals surface area contributed by atoms with Gasteiger partial charge >= 0.3 is 0 Å². The Morgan fingerprint density at radius 3 is 2.70 bits per heavy atom. The van der Waals surface area contributed by atoms with Gasteiger partial charge in [-0.3, -0.25) is 0 Å². The van der Waals surface area contributed by atoms with Gasteiger partial charge in [-0.05, 0) is 30.7 Å². The van der Waals surface area contributed by atoms with Crippen LogP contribution in [0.15, 0.2) is 48.7 Å². The molecule has 0 saturated heterocycles. The molecule has 0 amide bonds. The second-order valence-corrected chi connectivity index (χ2v) is 4.99. The first kappa shape index (κ1) is 12.6. The Morgan fingerprint density at radius 2 is 1.90 bits per heavy atom. The number of aromatic hydroxyl groups is 1. The van der Waals surface area contributed by atoms with Crippen LogP contribution >= 0.6 is 0 Å². The fourth-order valence-electron chi connectivity index (χ4n) is 2.58. The summed E-state index contributed by atoms with van der Waals surface area (Å²) in [7, 11) is 2.03. The highest BCUT2D eigenvalue weighted by molar-refractivity contribution is 5.87. The Labute approximate surface area is 118 Å². The molecule has 0 aliphatic heterocycles. The molecule has 0 radical (unpaired) electrons. The van der Waals surface area contributed by atoms with Crippen molar-refractivity contribution < 1.29 is 9.84 Å². The third-order valence-corrected chi connectivity index (χ3v) is 3.55. The molecule has 1 N–H and O–H groups in total. The van der Waals surface area contributed by atoms with Crippen molar-refractivity contribution >= 4 is 10.9 Å². The van der Waals surface area contributed by atoms with Gasteiger partial charge in [0.15, 0.2) is 11.5 Å². The minimum absolute atomic E-state index is 0.171. The molecule has 0 spiro atoms. The zero-order valence-corrected chi connectivity index (χ0v) is 11.6. The lowest BCUT2D eigenvalue weighted by atomic mass is 10.1. The highest BCUT2D eigenvalue weighted by Gasteiger charge is 2.10. The number of rotatable bonds is 3. The molecule has 0 unspecified atom stereocenters. The molecule has 2 aromatic carbocycles. The summed E-state index contributed by atoms with van der Waals surface area (Å²) in [6, 6.07) is 13.3. The maximum atomic E-state index is 9.73. The summed E-state index contributed by atoms with van der Waals surface area (Å²) in [5.41, 5.74) is 3.56. The highest BCUT2D eigenvalue weighted by atomic mass is 16.5. The fourth-order valence-corrected chi connectivity index (χ4v) is 2.58. The van der Waals surface area contributed by atoms with E-state index in [2.05, 4.69) is 35.9 Å². The smallest absolute Gasteiger partial charge is 0.161 e. The predicted molar refractivity (Wildman–Crippen MR) is 80.1 cm³/mol. The number of ether oxygens (including phenoxy) is 1. The number of benzene rings is 2. The average molecular weight is 267 g/mol. The maximum absolute atomic E-state index is 9.73. The van der Waals surface area contributed by atoms with Crippen LogP contribution < -0.4 is 4.74 Å². The second-order valence-electron chi connectivity index (χ2n) is 4.99. The van der Waals surface area contributed by atoms with Gasteiger partial charge in [-0.1, -0.05) is 24.3 Å². The zero-order chi connectivity index (χ0) is 14.1. The van der Waals surface area contributed by atoms with Gasteiger partial charge < -0.3 is 14.4 Å². The number of para-hydroxylation sites is 2. The molecule has 0 aliphatic rings. The van der Waals surface area contributed by atoms with Crippen LogP contribution in [0.5, 0.6) is 11.5 Å². The Morgan fingerprint density at radius 1 is 1.10 bits per heavy atom. The van der Waals surface area contributed by atoms with Crippen LogP contribution in [0.1, 0.15) is 11.1 Å². The first-order valence-electron chi connectivity index (χ1n) is 6.61. The number of nitrogens with zero attached hydrogens (tertiary/aromatic N) is 1. The SMILES string of the molecule is Cc1cccc2c1c(COc1ccccc1O)cn2C. The molecule has 3 rings (SSSR count). The number of hydrogen-bond donors (Lipinski definition) is 1. The Balaban J connectivity index is 1.94. The molecule has 0 bridgehead atoms. The minimum Gasteiger partial charge on any atom is -0.504 e. The van der Waals surface area contributed by atoms with Gasteiger partial charge in [0.1, 0.15) is 6.61 Å². The largest absolute Gasteiger partial charge is 0.504 e. The van der Waals surface area contributed by atoms with E-state index >= 15 is 0 Å². The van der Waals surface area contributed by atoms with E-state index in [4.69, 9.17) is 4.74 Å². The van der Waals surface area contributed by atoms with Crippen molar-refractivity contribution in [3.05, 3.63) is 59.8 Å². The summed E-state index contributed by atoms with van der Waals surface area (Å²) in [4.78, 5) is 0. The van der Waals surface area contributed by atoms with E-state index in [1.54, 1.807) is 18.2 Å². The normalized spacial score (nSPS) is 10.9. The highest BCUT2D eigenvalue weighted by Crippen LogP contribution is 2.28. The van der Waals surface area contributed by atoms with Crippen molar-refractivity contribution in [3.8, 4) is 11.5 Å². The number of phenolic OH excluding ortho intramolecular Hbond substituents is 1. The number of aryl methyl sites for hydroxylation is 2. The molecule has 0 fully saturated rings. The first-order chi connectivity index (χ1) is 9.66. The van der Waals surface area contributed by atoms with E-state index in [1.165, 1.54) is 16.5 Å². The summed E-state index contributed by atoms with van der Waals surface area (Å²) in [6.07, 6.45) is 2.08. The molecule has 20 heavy (non-hydrogen) atoms. The first-order valence-corrected chi connectivity index (χ1v) is 6.61. The van der Waals surface area contributed by atoms with Crippen LogP contribution in [0, 0.1) is 6.92 Å². The van der Waals surface area contributed by atoms with Crippen LogP contribution in [0.2, 0.25) is 0 Å². The van der Waals surface area contributed by atoms with Gasteiger partial charge in [-0.25, -0.2) is 0 Å². The lowest BCUT2D eigenvalue weighted by molar-refractivity contribution is 0.290. The van der Waals surface area contributed by atoms with Crippen molar-refractivity contribution in [1.29, 1.82) is 0 Å².